The Balaban J connectivity index is 1.36. The standard InChI is InChI=1S/C38H41N3O3Si/c1-23-27(12-9-13-32(23)41-22-25-10-7-8-11-28(25)36(41)43)29-16-14-24(20-33(39)42)35-34(29)30-17-15-26(21-31(30)40-35)38(18-19-38)44-45(5,6)37(2,3)4/h7-17,21,40H,18-20,22H2,1-6H3,(H2,39,42). The number of benzene rings is 4. The van der Waals surface area contributed by atoms with Crippen LogP contribution in [0.5, 0.6) is 0 Å². The quantitative estimate of drug-likeness (QED) is 0.180. The van der Waals surface area contributed by atoms with Crippen LogP contribution < -0.4 is 10.6 Å². The van der Waals surface area contributed by atoms with Crippen LogP contribution in [-0.4, -0.2) is 25.1 Å². The number of nitrogens with zero attached hydrogens (tertiary/aromatic N) is 1. The maximum atomic E-state index is 13.4. The number of anilines is 1. The third-order valence-electron chi connectivity index (χ3n) is 10.4. The van der Waals surface area contributed by atoms with Crippen molar-refractivity contribution in [1.29, 1.82) is 0 Å². The van der Waals surface area contributed by atoms with Crippen molar-refractivity contribution in [3.63, 3.8) is 0 Å². The molecule has 0 atom stereocenters. The molecule has 0 bridgehead atoms. The molecule has 4 aromatic carbocycles. The summed E-state index contributed by atoms with van der Waals surface area (Å²) < 4.78 is 7.02. The number of primary amides is 1. The molecule has 2 heterocycles. The number of carbonyl (C=O) groups excluding carboxylic acids is 2. The number of rotatable bonds is 7. The van der Waals surface area contributed by atoms with Gasteiger partial charge in [-0.3, -0.25) is 9.59 Å². The average molecular weight is 616 g/mol. The van der Waals surface area contributed by atoms with E-state index in [0.717, 1.165) is 73.7 Å². The number of nitrogens with two attached hydrogens (primary N) is 1. The lowest BCUT2D eigenvalue weighted by Crippen LogP contribution is -2.44. The summed E-state index contributed by atoms with van der Waals surface area (Å²) in [6, 6.07) is 24.8. The summed E-state index contributed by atoms with van der Waals surface area (Å²) in [7, 11) is -1.98. The minimum atomic E-state index is -1.98. The lowest BCUT2D eigenvalue weighted by Gasteiger charge is -2.39. The first-order valence-corrected chi connectivity index (χ1v) is 18.8. The summed E-state index contributed by atoms with van der Waals surface area (Å²) in [5.74, 6) is -0.338. The molecule has 3 N–H and O–H groups in total. The third-order valence-corrected chi connectivity index (χ3v) is 14.9. The van der Waals surface area contributed by atoms with Gasteiger partial charge in [-0.05, 0) is 89.5 Å². The second kappa shape index (κ2) is 10.2. The minimum absolute atomic E-state index is 0.0290. The van der Waals surface area contributed by atoms with E-state index in [9.17, 15) is 9.59 Å². The Bertz CT molecular complexity index is 2030. The molecule has 1 aliphatic carbocycles. The van der Waals surface area contributed by atoms with Crippen LogP contribution in [0.3, 0.4) is 0 Å². The van der Waals surface area contributed by atoms with Gasteiger partial charge in [0.05, 0.1) is 24.1 Å². The molecule has 0 saturated heterocycles. The van der Waals surface area contributed by atoms with Crippen molar-refractivity contribution in [2.75, 3.05) is 4.90 Å². The van der Waals surface area contributed by atoms with Gasteiger partial charge < -0.3 is 20.0 Å². The molecule has 2 aliphatic rings. The summed E-state index contributed by atoms with van der Waals surface area (Å²) >= 11 is 0. The zero-order chi connectivity index (χ0) is 31.9. The molecular formula is C38H41N3O3Si. The van der Waals surface area contributed by atoms with Crippen molar-refractivity contribution >= 4 is 47.6 Å². The van der Waals surface area contributed by atoms with E-state index in [1.165, 1.54) is 5.56 Å². The molecule has 2 amide bonds. The van der Waals surface area contributed by atoms with E-state index in [4.69, 9.17) is 10.2 Å². The van der Waals surface area contributed by atoms with Crippen LogP contribution in [0.4, 0.5) is 5.69 Å². The van der Waals surface area contributed by atoms with Gasteiger partial charge in [-0.15, -0.1) is 0 Å². The summed E-state index contributed by atoms with van der Waals surface area (Å²) in [4.78, 5) is 31.1. The highest BCUT2D eigenvalue weighted by Crippen LogP contribution is 2.55. The first-order chi connectivity index (χ1) is 21.3. The van der Waals surface area contributed by atoms with Gasteiger partial charge in [0.1, 0.15) is 0 Å². The monoisotopic (exact) mass is 615 g/mol. The Morgan fingerprint density at radius 1 is 0.978 bits per heavy atom. The predicted molar refractivity (Wildman–Crippen MR) is 185 cm³/mol. The third kappa shape index (κ3) is 4.80. The van der Waals surface area contributed by atoms with Crippen molar-refractivity contribution < 1.29 is 14.0 Å². The zero-order valence-corrected chi connectivity index (χ0v) is 28.0. The number of aromatic amines is 1. The van der Waals surface area contributed by atoms with Crippen LogP contribution in [0.1, 0.15) is 66.2 Å². The van der Waals surface area contributed by atoms with Crippen LogP contribution in [0.2, 0.25) is 18.1 Å². The van der Waals surface area contributed by atoms with Crippen LogP contribution in [0, 0.1) is 6.92 Å². The number of fused-ring (bicyclic) bond motifs is 4. The Morgan fingerprint density at radius 3 is 2.40 bits per heavy atom. The number of H-pyrrole nitrogens is 1. The molecule has 1 aromatic heterocycles. The predicted octanol–water partition coefficient (Wildman–Crippen LogP) is 8.50. The molecule has 0 spiro atoms. The largest absolute Gasteiger partial charge is 0.407 e. The lowest BCUT2D eigenvalue weighted by molar-refractivity contribution is -0.117. The molecule has 6 nitrogen and oxygen atoms in total. The van der Waals surface area contributed by atoms with Crippen LogP contribution in [0.25, 0.3) is 32.9 Å². The molecule has 0 unspecified atom stereocenters. The highest BCUT2D eigenvalue weighted by molar-refractivity contribution is 6.74. The Hall–Kier alpha value is -4.20. The van der Waals surface area contributed by atoms with Gasteiger partial charge in [0.15, 0.2) is 8.32 Å². The second-order valence-electron chi connectivity index (χ2n) is 14.4. The van der Waals surface area contributed by atoms with Gasteiger partial charge in [0.2, 0.25) is 5.91 Å². The topological polar surface area (TPSA) is 88.4 Å². The molecule has 45 heavy (non-hydrogen) atoms. The van der Waals surface area contributed by atoms with E-state index in [2.05, 4.69) is 76.1 Å². The SMILES string of the molecule is Cc1c(-c2ccc(CC(N)=O)c3[nH]c4cc(C5(O[Si](C)(C)C(C)(C)C)CC5)ccc4c23)cccc1N1Cc2ccccc2C1=O. The summed E-state index contributed by atoms with van der Waals surface area (Å²) in [5.41, 5.74) is 15.3. The Morgan fingerprint density at radius 2 is 1.71 bits per heavy atom. The van der Waals surface area contributed by atoms with Crippen molar-refractivity contribution in [2.45, 2.75) is 77.2 Å². The van der Waals surface area contributed by atoms with Crippen LogP contribution in [0.15, 0.2) is 72.8 Å². The molecular weight excluding hydrogens is 575 g/mol. The van der Waals surface area contributed by atoms with E-state index in [1.807, 2.05) is 47.4 Å². The minimum Gasteiger partial charge on any atom is -0.407 e. The molecule has 1 fully saturated rings. The number of carbonyl (C=O) groups is 2. The number of amides is 2. The maximum Gasteiger partial charge on any atom is 0.258 e. The Kier molecular flexibility index (Phi) is 6.66. The number of aromatic nitrogens is 1. The molecule has 1 saturated carbocycles. The molecule has 0 radical (unpaired) electrons. The maximum absolute atomic E-state index is 13.4. The second-order valence-corrected chi connectivity index (χ2v) is 19.1. The number of hydrogen-bond acceptors (Lipinski definition) is 3. The van der Waals surface area contributed by atoms with Crippen molar-refractivity contribution in [2.24, 2.45) is 5.73 Å². The molecule has 1 aliphatic heterocycles. The summed E-state index contributed by atoms with van der Waals surface area (Å²) in [6.07, 6.45) is 2.19. The van der Waals surface area contributed by atoms with Gasteiger partial charge in [-0.25, -0.2) is 0 Å². The smallest absolute Gasteiger partial charge is 0.258 e. The fourth-order valence-electron chi connectivity index (χ4n) is 6.77. The molecule has 5 aromatic rings. The molecule has 7 heteroatoms. The van der Waals surface area contributed by atoms with E-state index < -0.39 is 8.32 Å². The number of hydrogen-bond donors (Lipinski definition) is 2. The van der Waals surface area contributed by atoms with Crippen molar-refractivity contribution in [3.05, 3.63) is 101 Å². The fourth-order valence-corrected chi connectivity index (χ4v) is 8.38. The molecule has 230 valence electrons. The van der Waals surface area contributed by atoms with Gasteiger partial charge >= 0.3 is 0 Å². The first kappa shape index (κ1) is 29.5. The van der Waals surface area contributed by atoms with Crippen molar-refractivity contribution in [3.8, 4) is 11.1 Å². The van der Waals surface area contributed by atoms with Gasteiger partial charge in [0.25, 0.3) is 5.91 Å². The van der Waals surface area contributed by atoms with E-state index in [-0.39, 0.29) is 28.9 Å². The van der Waals surface area contributed by atoms with Gasteiger partial charge in [-0.2, -0.15) is 0 Å². The van der Waals surface area contributed by atoms with Gasteiger partial charge in [0, 0.05) is 27.5 Å². The molecule has 7 rings (SSSR count). The fraction of sp³-hybridized carbons (Fsp3) is 0.316. The first-order valence-electron chi connectivity index (χ1n) is 15.9. The van der Waals surface area contributed by atoms with Crippen LogP contribution in [-0.2, 0) is 27.8 Å². The highest BCUT2D eigenvalue weighted by atomic mass is 28.4. The van der Waals surface area contributed by atoms with E-state index in [0.29, 0.717) is 6.54 Å². The average Bonchev–Trinajstić information content (AvgIpc) is 3.53. The van der Waals surface area contributed by atoms with Gasteiger partial charge in [-0.1, -0.05) is 75.4 Å². The zero-order valence-electron chi connectivity index (χ0n) is 27.0. The summed E-state index contributed by atoms with van der Waals surface area (Å²) in [5, 5.41) is 2.27. The van der Waals surface area contributed by atoms with E-state index >= 15 is 0 Å². The lowest BCUT2D eigenvalue weighted by atomic mass is 9.92. The van der Waals surface area contributed by atoms with Crippen LogP contribution >= 0.6 is 0 Å². The normalized spacial score (nSPS) is 16.0. The number of nitrogens with one attached hydrogen (secondary N) is 1. The Labute approximate surface area is 265 Å². The highest BCUT2D eigenvalue weighted by Gasteiger charge is 2.52. The summed E-state index contributed by atoms with van der Waals surface area (Å²) in [6.45, 7) is 14.1. The van der Waals surface area contributed by atoms with Crippen molar-refractivity contribution in [1.82, 2.24) is 4.98 Å². The van der Waals surface area contributed by atoms with E-state index in [1.54, 1.807) is 0 Å².